The Morgan fingerprint density at radius 1 is 0.634 bits per heavy atom. The minimum absolute atomic E-state index is 0. The van der Waals surface area contributed by atoms with Crippen LogP contribution >= 0.6 is 0 Å². The van der Waals surface area contributed by atoms with E-state index in [1.807, 2.05) is 68.7 Å². The molecule has 0 bridgehead atoms. The number of fused-ring (bicyclic) bond motifs is 10. The molecule has 8 aromatic carbocycles. The molecular formula is C65H55N4OPt-3. The van der Waals surface area contributed by atoms with Crippen molar-refractivity contribution < 1.29 is 29.9 Å². The number of rotatable bonds is 8. The second-order valence-corrected chi connectivity index (χ2v) is 20.0. The maximum absolute atomic E-state index is 9.26. The fourth-order valence-corrected chi connectivity index (χ4v) is 10.3. The minimum atomic E-state index is -1.54. The maximum atomic E-state index is 9.26. The summed E-state index contributed by atoms with van der Waals surface area (Å²) in [4.78, 5) is 6.99. The smallest absolute Gasteiger partial charge is 0.135 e. The molecule has 6 heteroatoms. The summed E-state index contributed by atoms with van der Waals surface area (Å²) in [7, 11) is 0. The zero-order valence-corrected chi connectivity index (χ0v) is 43.2. The number of nitrogens with zero attached hydrogens (tertiary/aromatic N) is 4. The molecule has 0 amide bonds. The van der Waals surface area contributed by atoms with Crippen LogP contribution in [-0.2, 0) is 32.9 Å². The monoisotopic (exact) mass is 1110 g/mol. The van der Waals surface area contributed by atoms with Crippen LogP contribution in [0.25, 0.3) is 82.1 Å². The molecule has 1 aliphatic heterocycles. The number of aromatic nitrogens is 3. The molecule has 12 rings (SSSR count). The molecule has 0 radical (unpaired) electrons. The predicted octanol–water partition coefficient (Wildman–Crippen LogP) is 17.5. The molecule has 0 spiro atoms. The predicted molar refractivity (Wildman–Crippen MR) is 293 cm³/mol. The van der Waals surface area contributed by atoms with E-state index >= 15 is 0 Å². The number of anilines is 2. The summed E-state index contributed by atoms with van der Waals surface area (Å²) in [5.41, 5.74) is 10.3. The Morgan fingerprint density at radius 3 is 1.97 bits per heavy atom. The largest absolute Gasteiger partial charge is 0.509 e. The maximum Gasteiger partial charge on any atom is 0.135 e. The number of ether oxygens (including phenoxy) is 1. The van der Waals surface area contributed by atoms with Gasteiger partial charge in [-0.05, 0) is 131 Å². The van der Waals surface area contributed by atoms with E-state index in [1.54, 1.807) is 12.3 Å². The third-order valence-electron chi connectivity index (χ3n) is 13.7. The molecule has 0 unspecified atom stereocenters. The molecule has 5 nitrogen and oxygen atoms in total. The van der Waals surface area contributed by atoms with E-state index in [-0.39, 0.29) is 32.4 Å². The minimum Gasteiger partial charge on any atom is -0.509 e. The van der Waals surface area contributed by atoms with Gasteiger partial charge in [-0.15, -0.1) is 35.7 Å². The SMILES string of the molecule is [2H]C(C)(C)c1cc(-c2cccc3c4ccccc4c4ccccc4c4cccc5c4n(c23)[CH-]N5c2[c-]c(Oc3[c-]c4c(cc3)c3ccccc3n4-c3cc(C([2H])([2H])C(C)C)ccn3)ccc2)cc(C(C)(C)C)c1.[Pt]. The normalized spacial score (nSPS) is 13.4. The zero-order valence-electron chi connectivity index (χ0n) is 43.9. The van der Waals surface area contributed by atoms with Gasteiger partial charge in [-0.25, -0.2) is 4.98 Å². The Morgan fingerprint density at radius 2 is 1.27 bits per heavy atom. The Labute approximate surface area is 435 Å². The van der Waals surface area contributed by atoms with Crippen molar-refractivity contribution in [1.82, 2.24) is 14.1 Å². The van der Waals surface area contributed by atoms with E-state index in [1.165, 1.54) is 5.56 Å². The fourth-order valence-electron chi connectivity index (χ4n) is 10.3. The van der Waals surface area contributed by atoms with Gasteiger partial charge in [-0.2, -0.15) is 12.1 Å². The molecule has 0 atom stereocenters. The van der Waals surface area contributed by atoms with Crippen LogP contribution in [-0.4, -0.2) is 14.1 Å². The third-order valence-corrected chi connectivity index (χ3v) is 13.7. The molecule has 3 aromatic heterocycles. The standard InChI is InChI=1S/C65H55N4O.Pt/c1-41(2)33-43-31-32-66-62(34-43)69-59-27-13-12-23-55(59)56-30-29-49(39-61(56)69)70-48-18-14-17-47(38-48)67-40-68-63-50(45-35-44(42(3)4)36-46(37-45)65(5,6)7)24-15-25-57(63)53-21-10-8-19-51(53)52-20-9-11-22-54(52)58-26-16-28-60(67)64(58)68;/h8-32,34-37,40-42H,33H2,1-7H3;/q-3;/i33D2,42D;. The molecule has 0 fully saturated rings. The summed E-state index contributed by atoms with van der Waals surface area (Å²) >= 11 is 0. The summed E-state index contributed by atoms with van der Waals surface area (Å²) in [6.07, 6.45) is 0.147. The van der Waals surface area contributed by atoms with E-state index in [0.717, 1.165) is 93.2 Å². The van der Waals surface area contributed by atoms with Crippen molar-refractivity contribution in [1.29, 1.82) is 0 Å². The summed E-state index contributed by atoms with van der Waals surface area (Å²) in [5.74, 6) is 0.604. The number of para-hydroxylation sites is 3. The Kier molecular flexibility index (Phi) is 10.9. The summed E-state index contributed by atoms with van der Waals surface area (Å²) < 4.78 is 38.2. The van der Waals surface area contributed by atoms with Crippen molar-refractivity contribution in [2.24, 2.45) is 5.92 Å². The van der Waals surface area contributed by atoms with Gasteiger partial charge >= 0.3 is 0 Å². The van der Waals surface area contributed by atoms with Gasteiger partial charge in [0.1, 0.15) is 5.82 Å². The molecule has 11 aromatic rings. The van der Waals surface area contributed by atoms with Crippen LogP contribution in [0.1, 0.15) is 75.2 Å². The first-order chi connectivity index (χ1) is 35.0. The van der Waals surface area contributed by atoms with Gasteiger partial charge in [0.2, 0.25) is 0 Å². The second-order valence-electron chi connectivity index (χ2n) is 20.0. The molecule has 0 saturated carbocycles. The molecule has 4 heterocycles. The Hall–Kier alpha value is -7.33. The van der Waals surface area contributed by atoms with Crippen molar-refractivity contribution in [3.8, 4) is 28.4 Å². The van der Waals surface area contributed by atoms with E-state index in [0.29, 0.717) is 22.9 Å². The molecule has 354 valence electrons. The third kappa shape index (κ3) is 8.11. The molecular weight excluding hydrogens is 1050 g/mol. The van der Waals surface area contributed by atoms with Crippen LogP contribution < -0.4 is 9.64 Å². The summed E-state index contributed by atoms with van der Waals surface area (Å²) in [6.45, 7) is 16.7. The van der Waals surface area contributed by atoms with Crippen LogP contribution in [0.3, 0.4) is 0 Å². The number of benzene rings is 8. The van der Waals surface area contributed by atoms with E-state index in [9.17, 15) is 1.37 Å². The quantitative estimate of drug-likeness (QED) is 0.142. The second kappa shape index (κ2) is 18.1. The first-order valence-electron chi connectivity index (χ1n) is 25.7. The first-order valence-corrected chi connectivity index (χ1v) is 24.2. The average Bonchev–Trinajstić information content (AvgIpc) is 3.95. The van der Waals surface area contributed by atoms with Gasteiger partial charge in [-0.1, -0.05) is 175 Å². The fraction of sp³-hybridized carbons (Fsp3) is 0.169. The molecule has 0 saturated heterocycles. The van der Waals surface area contributed by atoms with Crippen LogP contribution in [0, 0.1) is 24.7 Å². The number of hydrogen-bond acceptors (Lipinski definition) is 3. The number of hydrogen-bond donors (Lipinski definition) is 0. The van der Waals surface area contributed by atoms with Crippen molar-refractivity contribution in [2.75, 3.05) is 4.90 Å². The van der Waals surface area contributed by atoms with Gasteiger partial charge in [0.25, 0.3) is 0 Å². The molecule has 0 aliphatic carbocycles. The summed E-state index contributed by atoms with van der Waals surface area (Å²) in [5, 5.41) is 8.82. The van der Waals surface area contributed by atoms with E-state index < -0.39 is 12.3 Å². The van der Waals surface area contributed by atoms with Gasteiger partial charge in [0.05, 0.1) is 0 Å². The zero-order chi connectivity index (χ0) is 50.6. The van der Waals surface area contributed by atoms with Crippen molar-refractivity contribution in [3.05, 3.63) is 212 Å². The van der Waals surface area contributed by atoms with Gasteiger partial charge < -0.3 is 18.8 Å². The van der Waals surface area contributed by atoms with Crippen LogP contribution in [0.4, 0.5) is 11.4 Å². The van der Waals surface area contributed by atoms with Gasteiger partial charge in [0.15, 0.2) is 0 Å². The van der Waals surface area contributed by atoms with Crippen molar-refractivity contribution >= 4 is 76.5 Å². The summed E-state index contributed by atoms with van der Waals surface area (Å²) in [6, 6.07) is 66.5. The van der Waals surface area contributed by atoms with Crippen LogP contribution in [0.15, 0.2) is 176 Å². The molecule has 1 aliphatic rings. The Balaban J connectivity index is 0.00000588. The first kappa shape index (κ1) is 42.5. The Bertz CT molecular complexity index is 4070. The van der Waals surface area contributed by atoms with Crippen molar-refractivity contribution in [2.45, 2.75) is 66.1 Å². The molecule has 0 N–H and O–H groups in total. The molecule has 71 heavy (non-hydrogen) atoms. The van der Waals surface area contributed by atoms with Gasteiger partial charge in [0, 0.05) is 54.1 Å². The number of pyridine rings is 1. The van der Waals surface area contributed by atoms with Crippen LogP contribution in [0.5, 0.6) is 11.5 Å². The van der Waals surface area contributed by atoms with Crippen LogP contribution in [0.2, 0.25) is 0 Å². The average molecular weight is 1110 g/mol. The van der Waals surface area contributed by atoms with Gasteiger partial charge in [-0.3, -0.25) is 0 Å². The topological polar surface area (TPSA) is 35.2 Å². The van der Waals surface area contributed by atoms with E-state index in [4.69, 9.17) is 12.5 Å². The van der Waals surface area contributed by atoms with Crippen molar-refractivity contribution in [3.63, 3.8) is 0 Å². The van der Waals surface area contributed by atoms with E-state index in [2.05, 4.69) is 176 Å².